The van der Waals surface area contributed by atoms with E-state index in [1.54, 1.807) is 6.92 Å². The lowest BCUT2D eigenvalue weighted by molar-refractivity contribution is -0.143. The van der Waals surface area contributed by atoms with Crippen LogP contribution in [-0.2, 0) is 28.6 Å². The summed E-state index contributed by atoms with van der Waals surface area (Å²) in [5.74, 6) is 0.378. The molecule has 0 rings (SSSR count). The van der Waals surface area contributed by atoms with Crippen LogP contribution in [0.5, 0.6) is 0 Å². The van der Waals surface area contributed by atoms with Crippen LogP contribution in [0.15, 0.2) is 11.5 Å². The molecule has 0 aromatic heterocycles. The number of carbonyl (C=O) groups is 3. The fraction of sp³-hybridized carbons (Fsp3) is 0.792. The van der Waals surface area contributed by atoms with E-state index in [1.807, 2.05) is 0 Å². The van der Waals surface area contributed by atoms with Gasteiger partial charge in [0.05, 0.1) is 7.11 Å². The van der Waals surface area contributed by atoms with E-state index >= 15 is 0 Å². The topological polar surface area (TPSA) is 78.9 Å². The third-order valence-corrected chi connectivity index (χ3v) is 5.18. The SMILES string of the molecule is CO/C(COC(=O)CCCCCCCCCCCCCCCCC=O)=C(/C)OC=O. The second-order valence-corrected chi connectivity index (χ2v) is 7.71. The third kappa shape index (κ3) is 18.2. The molecule has 0 spiro atoms. The first-order valence-electron chi connectivity index (χ1n) is 11.6. The van der Waals surface area contributed by atoms with Gasteiger partial charge in [0.15, 0.2) is 12.4 Å². The molecule has 0 aromatic rings. The second-order valence-electron chi connectivity index (χ2n) is 7.71. The first kappa shape index (κ1) is 28.1. The second kappa shape index (κ2) is 21.8. The zero-order valence-corrected chi connectivity index (χ0v) is 19.1. The summed E-state index contributed by atoms with van der Waals surface area (Å²) >= 11 is 0. The molecular weight excluding hydrogens is 384 g/mol. The number of ether oxygens (including phenoxy) is 3. The van der Waals surface area contributed by atoms with Crippen LogP contribution in [0, 0.1) is 0 Å². The van der Waals surface area contributed by atoms with Gasteiger partial charge in [-0.2, -0.15) is 0 Å². The van der Waals surface area contributed by atoms with Crippen molar-refractivity contribution in [1.29, 1.82) is 0 Å². The van der Waals surface area contributed by atoms with E-state index in [-0.39, 0.29) is 12.6 Å². The van der Waals surface area contributed by atoms with E-state index in [1.165, 1.54) is 71.3 Å². The molecule has 0 saturated carbocycles. The lowest BCUT2D eigenvalue weighted by atomic mass is 10.0. The minimum atomic E-state index is -0.257. The summed E-state index contributed by atoms with van der Waals surface area (Å²) in [6.07, 6.45) is 19.1. The number of hydrogen-bond donors (Lipinski definition) is 0. The molecule has 0 heterocycles. The molecule has 0 amide bonds. The van der Waals surface area contributed by atoms with Gasteiger partial charge in [0.2, 0.25) is 0 Å². The van der Waals surface area contributed by atoms with Crippen molar-refractivity contribution in [2.75, 3.05) is 13.7 Å². The minimum Gasteiger partial charge on any atom is -0.494 e. The van der Waals surface area contributed by atoms with Crippen molar-refractivity contribution in [2.24, 2.45) is 0 Å². The van der Waals surface area contributed by atoms with Crippen molar-refractivity contribution in [2.45, 2.75) is 110 Å². The van der Waals surface area contributed by atoms with E-state index in [2.05, 4.69) is 0 Å². The molecule has 0 unspecified atom stereocenters. The molecule has 0 radical (unpaired) electrons. The lowest BCUT2D eigenvalue weighted by Gasteiger charge is -2.10. The van der Waals surface area contributed by atoms with E-state index in [0.29, 0.717) is 24.4 Å². The molecule has 0 N–H and O–H groups in total. The van der Waals surface area contributed by atoms with Gasteiger partial charge < -0.3 is 19.0 Å². The van der Waals surface area contributed by atoms with Gasteiger partial charge in [-0.3, -0.25) is 9.59 Å². The largest absolute Gasteiger partial charge is 0.494 e. The maximum atomic E-state index is 11.8. The maximum Gasteiger partial charge on any atom is 0.306 e. The lowest BCUT2D eigenvalue weighted by Crippen LogP contribution is -2.10. The highest BCUT2D eigenvalue weighted by atomic mass is 16.6. The Kier molecular flexibility index (Phi) is 20.5. The molecule has 0 aliphatic heterocycles. The van der Waals surface area contributed by atoms with E-state index in [4.69, 9.17) is 14.2 Å². The predicted octanol–water partition coefficient (Wildman–Crippen LogP) is 6.02. The fourth-order valence-corrected chi connectivity index (χ4v) is 3.28. The molecular formula is C24H42O6. The van der Waals surface area contributed by atoms with Gasteiger partial charge in [0, 0.05) is 12.8 Å². The Morgan fingerprint density at radius 3 is 1.63 bits per heavy atom. The Hall–Kier alpha value is -1.85. The molecule has 0 aromatic carbocycles. The van der Waals surface area contributed by atoms with Gasteiger partial charge in [-0.15, -0.1) is 0 Å². The van der Waals surface area contributed by atoms with Crippen LogP contribution in [-0.4, -0.2) is 32.4 Å². The van der Waals surface area contributed by atoms with Crippen molar-refractivity contribution in [3.8, 4) is 0 Å². The molecule has 0 aliphatic rings. The van der Waals surface area contributed by atoms with E-state index in [9.17, 15) is 14.4 Å². The smallest absolute Gasteiger partial charge is 0.306 e. The summed E-state index contributed by atoms with van der Waals surface area (Å²) in [5, 5.41) is 0. The van der Waals surface area contributed by atoms with Crippen LogP contribution in [0.4, 0.5) is 0 Å². The average Bonchev–Trinajstić information content (AvgIpc) is 2.74. The molecule has 0 atom stereocenters. The summed E-state index contributed by atoms with van der Waals surface area (Å²) in [6, 6.07) is 0. The maximum absolute atomic E-state index is 11.8. The number of hydrogen-bond acceptors (Lipinski definition) is 6. The highest BCUT2D eigenvalue weighted by Gasteiger charge is 2.09. The molecule has 0 fully saturated rings. The van der Waals surface area contributed by atoms with Gasteiger partial charge in [0.25, 0.3) is 6.47 Å². The quantitative estimate of drug-likeness (QED) is 0.0911. The zero-order chi connectivity index (χ0) is 22.3. The van der Waals surface area contributed by atoms with Gasteiger partial charge in [0.1, 0.15) is 12.0 Å². The number of allylic oxidation sites excluding steroid dienone is 1. The summed E-state index contributed by atoms with van der Waals surface area (Å²) in [7, 11) is 1.45. The van der Waals surface area contributed by atoms with Crippen LogP contribution in [0.25, 0.3) is 0 Å². The van der Waals surface area contributed by atoms with Crippen LogP contribution in [0.3, 0.4) is 0 Å². The van der Waals surface area contributed by atoms with Crippen LogP contribution in [0.2, 0.25) is 0 Å². The molecule has 6 nitrogen and oxygen atoms in total. The van der Waals surface area contributed by atoms with Crippen molar-refractivity contribution >= 4 is 18.7 Å². The highest BCUT2D eigenvalue weighted by Crippen LogP contribution is 2.14. The standard InChI is InChI=1S/C24H42O6/c1-22(30-21-26)23(28-2)20-29-24(27)18-16-14-12-10-8-6-4-3-5-7-9-11-13-15-17-19-25/h19,21H,3-18,20H2,1-2H3/b23-22-. The number of carbonyl (C=O) groups excluding carboxylic acids is 3. The average molecular weight is 427 g/mol. The number of rotatable bonds is 22. The summed E-state index contributed by atoms with van der Waals surface area (Å²) < 4.78 is 14.9. The Morgan fingerprint density at radius 1 is 0.733 bits per heavy atom. The molecule has 0 aliphatic carbocycles. The van der Waals surface area contributed by atoms with Crippen molar-refractivity contribution in [3.63, 3.8) is 0 Å². The number of methoxy groups -OCH3 is 1. The first-order chi connectivity index (χ1) is 14.7. The van der Waals surface area contributed by atoms with Gasteiger partial charge in [-0.1, -0.05) is 77.0 Å². The summed E-state index contributed by atoms with van der Waals surface area (Å²) in [5.41, 5.74) is 0. The Labute approximate surface area is 182 Å². The van der Waals surface area contributed by atoms with Crippen LogP contribution >= 0.6 is 0 Å². The van der Waals surface area contributed by atoms with Gasteiger partial charge in [-0.05, 0) is 19.8 Å². The summed E-state index contributed by atoms with van der Waals surface area (Å²) in [4.78, 5) is 32.3. The molecule has 30 heavy (non-hydrogen) atoms. The van der Waals surface area contributed by atoms with Gasteiger partial charge >= 0.3 is 5.97 Å². The normalized spacial score (nSPS) is 11.5. The number of esters is 1. The van der Waals surface area contributed by atoms with Crippen molar-refractivity contribution in [3.05, 3.63) is 11.5 Å². The molecule has 0 bridgehead atoms. The predicted molar refractivity (Wildman–Crippen MR) is 118 cm³/mol. The monoisotopic (exact) mass is 426 g/mol. The summed E-state index contributed by atoms with van der Waals surface area (Å²) in [6.45, 7) is 1.88. The highest BCUT2D eigenvalue weighted by molar-refractivity contribution is 5.69. The third-order valence-electron chi connectivity index (χ3n) is 5.18. The van der Waals surface area contributed by atoms with Crippen LogP contribution < -0.4 is 0 Å². The Bertz CT molecular complexity index is 472. The van der Waals surface area contributed by atoms with Crippen molar-refractivity contribution in [1.82, 2.24) is 0 Å². The molecule has 6 heteroatoms. The number of aldehydes is 1. The van der Waals surface area contributed by atoms with E-state index < -0.39 is 0 Å². The minimum absolute atomic E-state index is 0.0187. The van der Waals surface area contributed by atoms with E-state index in [0.717, 1.165) is 38.4 Å². The van der Waals surface area contributed by atoms with Crippen molar-refractivity contribution < 1.29 is 28.6 Å². The number of unbranched alkanes of at least 4 members (excludes halogenated alkanes) is 14. The van der Waals surface area contributed by atoms with Crippen LogP contribution in [0.1, 0.15) is 110 Å². The zero-order valence-electron chi connectivity index (χ0n) is 19.1. The fourth-order valence-electron chi connectivity index (χ4n) is 3.28. The van der Waals surface area contributed by atoms with Gasteiger partial charge in [-0.25, -0.2) is 0 Å². The molecule has 174 valence electrons. The first-order valence-corrected chi connectivity index (χ1v) is 11.6. The Balaban J connectivity index is 3.41. The molecule has 0 saturated heterocycles. The Morgan fingerprint density at radius 2 is 1.20 bits per heavy atom.